The van der Waals surface area contributed by atoms with E-state index in [2.05, 4.69) is 10.5 Å². The second-order valence-electron chi connectivity index (χ2n) is 6.08. The van der Waals surface area contributed by atoms with Crippen molar-refractivity contribution in [2.24, 2.45) is 0 Å². The quantitative estimate of drug-likeness (QED) is 0.899. The summed E-state index contributed by atoms with van der Waals surface area (Å²) in [6, 6.07) is 6.42. The Labute approximate surface area is 136 Å². The van der Waals surface area contributed by atoms with Gasteiger partial charge in [-0.25, -0.2) is 4.79 Å². The SMILES string of the molecule is CC(C)(C)OC(=O)NCc1cc(-c2ccccc2C(F)(F)F)no1. The van der Waals surface area contributed by atoms with Gasteiger partial charge in [0.2, 0.25) is 0 Å². The van der Waals surface area contributed by atoms with Gasteiger partial charge in [-0.3, -0.25) is 0 Å². The first-order chi connectivity index (χ1) is 11.1. The Hall–Kier alpha value is -2.51. The third-order valence-corrected chi connectivity index (χ3v) is 2.87. The van der Waals surface area contributed by atoms with Crippen LogP contribution in [0.25, 0.3) is 11.3 Å². The van der Waals surface area contributed by atoms with E-state index in [1.807, 2.05) is 0 Å². The first kappa shape index (κ1) is 17.8. The minimum Gasteiger partial charge on any atom is -0.444 e. The average Bonchev–Trinajstić information content (AvgIpc) is 2.91. The van der Waals surface area contributed by atoms with Crippen molar-refractivity contribution in [1.29, 1.82) is 0 Å². The van der Waals surface area contributed by atoms with E-state index >= 15 is 0 Å². The molecule has 2 rings (SSSR count). The Morgan fingerprint density at radius 1 is 1.25 bits per heavy atom. The van der Waals surface area contributed by atoms with Gasteiger partial charge < -0.3 is 14.6 Å². The number of alkyl halides is 3. The number of alkyl carbamates (subject to hydrolysis) is 1. The molecule has 0 spiro atoms. The van der Waals surface area contributed by atoms with Crippen LogP contribution in [0, 0.1) is 0 Å². The van der Waals surface area contributed by atoms with Gasteiger partial charge in [-0.1, -0.05) is 23.4 Å². The van der Waals surface area contributed by atoms with Crippen LogP contribution in [0.15, 0.2) is 34.9 Å². The first-order valence-corrected chi connectivity index (χ1v) is 7.15. The normalized spacial score (nSPS) is 12.1. The molecule has 2 aromatic rings. The third-order valence-electron chi connectivity index (χ3n) is 2.87. The van der Waals surface area contributed by atoms with Crippen LogP contribution in [-0.2, 0) is 17.5 Å². The minimum atomic E-state index is -4.50. The number of halogens is 3. The summed E-state index contributed by atoms with van der Waals surface area (Å²) < 4.78 is 49.1. The lowest BCUT2D eigenvalue weighted by Gasteiger charge is -2.19. The van der Waals surface area contributed by atoms with Crippen molar-refractivity contribution in [1.82, 2.24) is 10.5 Å². The van der Waals surface area contributed by atoms with Crippen LogP contribution in [0.4, 0.5) is 18.0 Å². The summed E-state index contributed by atoms with van der Waals surface area (Å²) in [5.74, 6) is 0.216. The van der Waals surface area contributed by atoms with Crippen molar-refractivity contribution in [2.75, 3.05) is 0 Å². The molecule has 130 valence electrons. The number of rotatable bonds is 3. The van der Waals surface area contributed by atoms with Gasteiger partial charge in [-0.2, -0.15) is 13.2 Å². The van der Waals surface area contributed by atoms with Gasteiger partial charge in [0.05, 0.1) is 12.1 Å². The fourth-order valence-corrected chi connectivity index (χ4v) is 1.95. The lowest BCUT2D eigenvalue weighted by atomic mass is 10.0. The van der Waals surface area contributed by atoms with E-state index in [0.29, 0.717) is 0 Å². The van der Waals surface area contributed by atoms with Gasteiger partial charge in [0.1, 0.15) is 11.3 Å². The second-order valence-corrected chi connectivity index (χ2v) is 6.08. The number of hydrogen-bond donors (Lipinski definition) is 1. The fourth-order valence-electron chi connectivity index (χ4n) is 1.95. The minimum absolute atomic E-state index is 0.0453. The van der Waals surface area contributed by atoms with E-state index in [-0.39, 0.29) is 23.6 Å². The summed E-state index contributed by atoms with van der Waals surface area (Å²) in [6.45, 7) is 5.10. The number of hydrogen-bond acceptors (Lipinski definition) is 4. The van der Waals surface area contributed by atoms with Gasteiger partial charge >= 0.3 is 12.3 Å². The lowest BCUT2D eigenvalue weighted by Crippen LogP contribution is -2.32. The molecule has 0 aliphatic heterocycles. The molecule has 0 radical (unpaired) electrons. The Balaban J connectivity index is 2.11. The van der Waals surface area contributed by atoms with Crippen molar-refractivity contribution < 1.29 is 27.2 Å². The Kier molecular flexibility index (Phi) is 4.86. The van der Waals surface area contributed by atoms with Crippen molar-refractivity contribution in [2.45, 2.75) is 39.1 Å². The molecule has 8 heteroatoms. The molecule has 0 bridgehead atoms. The van der Waals surface area contributed by atoms with Crippen LogP contribution in [-0.4, -0.2) is 16.9 Å². The standard InChI is InChI=1S/C16H17F3N2O3/c1-15(2,3)23-14(22)20-9-10-8-13(21-24-10)11-6-4-5-7-12(11)16(17,18)19/h4-8H,9H2,1-3H3,(H,20,22). The van der Waals surface area contributed by atoms with Gasteiger partial charge in [0, 0.05) is 11.6 Å². The first-order valence-electron chi connectivity index (χ1n) is 7.15. The maximum atomic E-state index is 13.0. The molecule has 0 saturated heterocycles. The van der Waals surface area contributed by atoms with Crippen LogP contribution in [0.5, 0.6) is 0 Å². The molecule has 0 aliphatic rings. The molecule has 24 heavy (non-hydrogen) atoms. The molecule has 1 aromatic carbocycles. The summed E-state index contributed by atoms with van der Waals surface area (Å²) in [5.41, 5.74) is -1.49. The van der Waals surface area contributed by atoms with E-state index in [0.717, 1.165) is 6.07 Å². The molecule has 1 amide bonds. The summed E-state index contributed by atoms with van der Waals surface area (Å²) in [5, 5.41) is 6.09. The van der Waals surface area contributed by atoms with Crippen LogP contribution < -0.4 is 5.32 Å². The number of carbonyl (C=O) groups excluding carboxylic acids is 1. The second kappa shape index (κ2) is 6.54. The highest BCUT2D eigenvalue weighted by Gasteiger charge is 2.34. The molecule has 0 fully saturated rings. The number of nitrogens with one attached hydrogen (secondary N) is 1. The molecule has 1 heterocycles. The van der Waals surface area contributed by atoms with Gasteiger partial charge in [-0.15, -0.1) is 0 Å². The molecule has 0 saturated carbocycles. The monoisotopic (exact) mass is 342 g/mol. The number of carbonyl (C=O) groups is 1. The number of aromatic nitrogens is 1. The van der Waals surface area contributed by atoms with E-state index in [4.69, 9.17) is 9.26 Å². The van der Waals surface area contributed by atoms with Gasteiger partial charge in [-0.05, 0) is 26.8 Å². The summed E-state index contributed by atoms with van der Waals surface area (Å²) in [4.78, 5) is 11.6. The molecular formula is C16H17F3N2O3. The highest BCUT2D eigenvalue weighted by atomic mass is 19.4. The van der Waals surface area contributed by atoms with Gasteiger partial charge in [0.25, 0.3) is 0 Å². The van der Waals surface area contributed by atoms with Crippen molar-refractivity contribution in [3.63, 3.8) is 0 Å². The molecule has 1 N–H and O–H groups in total. The molecule has 5 nitrogen and oxygen atoms in total. The van der Waals surface area contributed by atoms with E-state index in [9.17, 15) is 18.0 Å². The Morgan fingerprint density at radius 2 is 1.92 bits per heavy atom. The molecule has 1 aromatic heterocycles. The zero-order valence-corrected chi connectivity index (χ0v) is 13.4. The zero-order valence-electron chi connectivity index (χ0n) is 13.4. The van der Waals surface area contributed by atoms with Crippen molar-refractivity contribution in [3.8, 4) is 11.3 Å². The smallest absolute Gasteiger partial charge is 0.417 e. The Bertz CT molecular complexity index is 718. The summed E-state index contributed by atoms with van der Waals surface area (Å²) >= 11 is 0. The molecule has 0 aliphatic carbocycles. The number of benzene rings is 1. The number of nitrogens with zero attached hydrogens (tertiary/aromatic N) is 1. The largest absolute Gasteiger partial charge is 0.444 e. The van der Waals surface area contributed by atoms with E-state index in [1.165, 1.54) is 24.3 Å². The zero-order chi connectivity index (χ0) is 18.0. The van der Waals surface area contributed by atoms with Gasteiger partial charge in [0.15, 0.2) is 5.76 Å². The Morgan fingerprint density at radius 3 is 2.54 bits per heavy atom. The average molecular weight is 342 g/mol. The highest BCUT2D eigenvalue weighted by molar-refractivity contribution is 5.68. The molecular weight excluding hydrogens is 325 g/mol. The third kappa shape index (κ3) is 4.74. The lowest BCUT2D eigenvalue weighted by molar-refractivity contribution is -0.137. The summed E-state index contributed by atoms with van der Waals surface area (Å²) in [6.07, 6.45) is -5.15. The van der Waals surface area contributed by atoms with Crippen LogP contribution in [0.1, 0.15) is 32.1 Å². The highest BCUT2D eigenvalue weighted by Crippen LogP contribution is 2.36. The maximum Gasteiger partial charge on any atom is 0.417 e. The van der Waals surface area contributed by atoms with Crippen LogP contribution >= 0.6 is 0 Å². The predicted molar refractivity (Wildman–Crippen MR) is 80.0 cm³/mol. The van der Waals surface area contributed by atoms with Crippen molar-refractivity contribution in [3.05, 3.63) is 41.7 Å². The van der Waals surface area contributed by atoms with E-state index in [1.54, 1.807) is 20.8 Å². The number of ether oxygens (including phenoxy) is 1. The number of amides is 1. The topological polar surface area (TPSA) is 64.4 Å². The van der Waals surface area contributed by atoms with Crippen LogP contribution in [0.3, 0.4) is 0 Å². The molecule has 0 unspecified atom stereocenters. The summed E-state index contributed by atoms with van der Waals surface area (Å²) in [7, 11) is 0. The fraction of sp³-hybridized carbons (Fsp3) is 0.375. The van der Waals surface area contributed by atoms with Crippen LogP contribution in [0.2, 0.25) is 0 Å². The van der Waals surface area contributed by atoms with Crippen molar-refractivity contribution >= 4 is 6.09 Å². The van der Waals surface area contributed by atoms with E-state index < -0.39 is 23.4 Å². The maximum absolute atomic E-state index is 13.0. The molecule has 0 atom stereocenters. The predicted octanol–water partition coefficient (Wildman–Crippen LogP) is 4.39.